The molecule has 0 aliphatic carbocycles. The number of thiophene rings is 1. The van der Waals surface area contributed by atoms with Gasteiger partial charge in [0.25, 0.3) is 0 Å². The van der Waals surface area contributed by atoms with Gasteiger partial charge in [-0.05, 0) is 72.8 Å². The van der Waals surface area contributed by atoms with Crippen LogP contribution in [0.15, 0.2) is 52.7 Å². The molecule has 2 heterocycles. The summed E-state index contributed by atoms with van der Waals surface area (Å²) in [5, 5.41) is 7.53. The third kappa shape index (κ3) is 5.96. The van der Waals surface area contributed by atoms with Gasteiger partial charge in [-0.1, -0.05) is 13.0 Å². The molecule has 1 fully saturated rings. The molecule has 1 aliphatic rings. The number of hydrogen-bond acceptors (Lipinski definition) is 5. The Bertz CT molecular complexity index is 976. The summed E-state index contributed by atoms with van der Waals surface area (Å²) >= 11 is 6.68. The molecule has 0 atom stereocenters. The van der Waals surface area contributed by atoms with E-state index in [1.54, 1.807) is 34.6 Å². The molecule has 6 nitrogen and oxygen atoms in total. The van der Waals surface area contributed by atoms with Crippen molar-refractivity contribution in [3.05, 3.63) is 52.7 Å². The van der Waals surface area contributed by atoms with E-state index < -0.39 is 10.0 Å². The zero-order valence-electron chi connectivity index (χ0n) is 16.0. The molecule has 2 N–H and O–H groups in total. The van der Waals surface area contributed by atoms with Crippen LogP contribution in [0.5, 0.6) is 0 Å². The van der Waals surface area contributed by atoms with Crippen LogP contribution in [0.25, 0.3) is 6.08 Å². The number of carbonyl (C=O) groups is 1. The molecule has 0 bridgehead atoms. The van der Waals surface area contributed by atoms with E-state index >= 15 is 0 Å². The maximum atomic E-state index is 12.8. The van der Waals surface area contributed by atoms with Crippen LogP contribution in [0, 0.1) is 5.92 Å². The zero-order chi connectivity index (χ0) is 20.9. The van der Waals surface area contributed by atoms with Crippen molar-refractivity contribution in [2.24, 2.45) is 5.92 Å². The Morgan fingerprint density at radius 2 is 1.90 bits per heavy atom. The van der Waals surface area contributed by atoms with Crippen molar-refractivity contribution < 1.29 is 13.2 Å². The molecule has 3 rings (SSSR count). The second-order valence-electron chi connectivity index (χ2n) is 6.90. The lowest BCUT2D eigenvalue weighted by Gasteiger charge is -2.29. The van der Waals surface area contributed by atoms with Crippen LogP contribution in [0.2, 0.25) is 0 Å². The highest BCUT2D eigenvalue weighted by atomic mass is 32.2. The lowest BCUT2D eigenvalue weighted by Crippen LogP contribution is -2.37. The van der Waals surface area contributed by atoms with Crippen molar-refractivity contribution in [2.45, 2.75) is 24.7 Å². The fraction of sp³-hybridized carbons (Fsp3) is 0.300. The fourth-order valence-corrected chi connectivity index (χ4v) is 5.25. The number of benzene rings is 1. The van der Waals surface area contributed by atoms with Crippen molar-refractivity contribution >= 4 is 56.4 Å². The van der Waals surface area contributed by atoms with Crippen LogP contribution in [0.1, 0.15) is 24.6 Å². The Morgan fingerprint density at radius 3 is 2.52 bits per heavy atom. The fourth-order valence-electron chi connectivity index (χ4n) is 2.94. The van der Waals surface area contributed by atoms with Crippen LogP contribution < -0.4 is 10.6 Å². The van der Waals surface area contributed by atoms with Crippen LogP contribution in [0.4, 0.5) is 5.69 Å². The van der Waals surface area contributed by atoms with Gasteiger partial charge in [-0.2, -0.15) is 4.31 Å². The number of anilines is 1. The van der Waals surface area contributed by atoms with E-state index in [0.29, 0.717) is 24.7 Å². The van der Waals surface area contributed by atoms with E-state index in [0.717, 1.165) is 17.7 Å². The number of amides is 1. The number of thiocarbonyl (C=S) groups is 1. The second-order valence-corrected chi connectivity index (χ2v) is 10.2. The van der Waals surface area contributed by atoms with Gasteiger partial charge in [-0.25, -0.2) is 8.42 Å². The van der Waals surface area contributed by atoms with E-state index in [-0.39, 0.29) is 15.9 Å². The van der Waals surface area contributed by atoms with Gasteiger partial charge in [-0.3, -0.25) is 10.1 Å². The number of piperidine rings is 1. The molecule has 1 aromatic heterocycles. The lowest BCUT2D eigenvalue weighted by molar-refractivity contribution is -0.115. The van der Waals surface area contributed by atoms with Crippen LogP contribution >= 0.6 is 23.6 Å². The van der Waals surface area contributed by atoms with Gasteiger partial charge in [-0.15, -0.1) is 11.3 Å². The van der Waals surface area contributed by atoms with E-state index in [1.165, 1.54) is 17.4 Å². The SMILES string of the molecule is CC1CCN(S(=O)(=O)c2ccc(NC(=S)NC(=O)C=Cc3cccs3)cc2)CC1. The number of sulfonamides is 1. The summed E-state index contributed by atoms with van der Waals surface area (Å²) < 4.78 is 27.1. The molecule has 1 saturated heterocycles. The smallest absolute Gasteiger partial charge is 0.250 e. The molecule has 29 heavy (non-hydrogen) atoms. The minimum atomic E-state index is -3.48. The predicted octanol–water partition coefficient (Wildman–Crippen LogP) is 3.70. The summed E-state index contributed by atoms with van der Waals surface area (Å²) in [6, 6.07) is 10.2. The molecular formula is C20H23N3O3S3. The Balaban J connectivity index is 1.55. The third-order valence-corrected chi connectivity index (χ3v) is 7.63. The number of nitrogens with zero attached hydrogens (tertiary/aromatic N) is 1. The Kier molecular flexibility index (Phi) is 7.18. The van der Waals surface area contributed by atoms with Crippen molar-refractivity contribution in [3.8, 4) is 0 Å². The van der Waals surface area contributed by atoms with Crippen molar-refractivity contribution in [2.75, 3.05) is 18.4 Å². The topological polar surface area (TPSA) is 78.5 Å². The molecule has 2 aromatic rings. The second kappa shape index (κ2) is 9.62. The highest BCUT2D eigenvalue weighted by molar-refractivity contribution is 7.89. The third-order valence-electron chi connectivity index (χ3n) is 4.67. The van der Waals surface area contributed by atoms with Crippen LogP contribution in [-0.4, -0.2) is 36.8 Å². The number of carbonyl (C=O) groups excluding carboxylic acids is 1. The maximum Gasteiger partial charge on any atom is 0.250 e. The summed E-state index contributed by atoms with van der Waals surface area (Å²) in [6.07, 6.45) is 4.89. The first-order chi connectivity index (χ1) is 13.8. The Hall–Kier alpha value is -2.07. The monoisotopic (exact) mass is 449 g/mol. The largest absolute Gasteiger partial charge is 0.332 e. The van der Waals surface area contributed by atoms with Crippen molar-refractivity contribution in [1.82, 2.24) is 9.62 Å². The molecule has 1 aromatic carbocycles. The molecule has 9 heteroatoms. The molecule has 154 valence electrons. The molecule has 0 spiro atoms. The first kappa shape index (κ1) is 21.6. The van der Waals surface area contributed by atoms with Gasteiger partial charge in [0.05, 0.1) is 4.90 Å². The van der Waals surface area contributed by atoms with Crippen LogP contribution in [-0.2, 0) is 14.8 Å². The number of hydrogen-bond donors (Lipinski definition) is 2. The molecule has 1 amide bonds. The zero-order valence-corrected chi connectivity index (χ0v) is 18.4. The molecule has 0 saturated carbocycles. The van der Waals surface area contributed by atoms with Gasteiger partial charge in [0.1, 0.15) is 0 Å². The van der Waals surface area contributed by atoms with E-state index in [1.807, 2.05) is 17.5 Å². The summed E-state index contributed by atoms with van der Waals surface area (Å²) in [4.78, 5) is 13.1. The number of nitrogens with one attached hydrogen (secondary N) is 2. The van der Waals surface area contributed by atoms with E-state index in [9.17, 15) is 13.2 Å². The summed E-state index contributed by atoms with van der Waals surface area (Å²) in [7, 11) is -3.48. The van der Waals surface area contributed by atoms with Crippen molar-refractivity contribution in [1.29, 1.82) is 0 Å². The first-order valence-electron chi connectivity index (χ1n) is 9.28. The summed E-state index contributed by atoms with van der Waals surface area (Å²) in [5.41, 5.74) is 0.601. The van der Waals surface area contributed by atoms with E-state index in [4.69, 9.17) is 12.2 Å². The highest BCUT2D eigenvalue weighted by Gasteiger charge is 2.27. The van der Waals surface area contributed by atoms with Gasteiger partial charge in [0, 0.05) is 29.7 Å². The molecule has 1 aliphatic heterocycles. The van der Waals surface area contributed by atoms with Crippen molar-refractivity contribution in [3.63, 3.8) is 0 Å². The van der Waals surface area contributed by atoms with Gasteiger partial charge in [0.15, 0.2) is 5.11 Å². The predicted molar refractivity (Wildman–Crippen MR) is 121 cm³/mol. The first-order valence-corrected chi connectivity index (χ1v) is 12.0. The van der Waals surface area contributed by atoms with E-state index in [2.05, 4.69) is 17.6 Å². The minimum absolute atomic E-state index is 0.145. The quantitative estimate of drug-likeness (QED) is 0.538. The minimum Gasteiger partial charge on any atom is -0.332 e. The molecule has 0 unspecified atom stereocenters. The summed E-state index contributed by atoms with van der Waals surface area (Å²) in [5.74, 6) is 0.221. The average molecular weight is 450 g/mol. The standard InChI is InChI=1S/C20H23N3O3S3/c1-15-10-12-23(13-11-15)29(25,26)18-7-4-16(5-8-18)21-20(27)22-19(24)9-6-17-3-2-14-28-17/h2-9,14-15H,10-13H2,1H3,(H2,21,22,24,27). The van der Waals surface area contributed by atoms with Gasteiger partial charge in [0.2, 0.25) is 15.9 Å². The van der Waals surface area contributed by atoms with Gasteiger partial charge < -0.3 is 5.32 Å². The van der Waals surface area contributed by atoms with Gasteiger partial charge >= 0.3 is 0 Å². The highest BCUT2D eigenvalue weighted by Crippen LogP contribution is 2.24. The maximum absolute atomic E-state index is 12.8. The summed E-state index contributed by atoms with van der Waals surface area (Å²) in [6.45, 7) is 3.25. The average Bonchev–Trinajstić information content (AvgIpc) is 3.21. The molecule has 0 radical (unpaired) electrons. The lowest BCUT2D eigenvalue weighted by atomic mass is 10.0. The Labute approximate surface area is 180 Å². The molecular weight excluding hydrogens is 426 g/mol. The van der Waals surface area contributed by atoms with Crippen LogP contribution in [0.3, 0.4) is 0 Å². The number of rotatable bonds is 5. The Morgan fingerprint density at radius 1 is 1.21 bits per heavy atom. The normalized spacial score (nSPS) is 16.0.